The molecule has 0 saturated heterocycles. The fourth-order valence-corrected chi connectivity index (χ4v) is 4.98. The minimum Gasteiger partial charge on any atom is -0.322 e. The van der Waals surface area contributed by atoms with E-state index >= 15 is 0 Å². The molecule has 0 heterocycles. The van der Waals surface area contributed by atoms with Gasteiger partial charge in [-0.3, -0.25) is 4.79 Å². The maximum Gasteiger partial charge on any atom is 0.255 e. The van der Waals surface area contributed by atoms with E-state index in [0.717, 1.165) is 48.1 Å². The van der Waals surface area contributed by atoms with Crippen LogP contribution in [0, 0.1) is 20.8 Å². The molecule has 1 fully saturated rings. The Balaban J connectivity index is 1.74. The number of hydrogen-bond acceptors (Lipinski definition) is 3. The Kier molecular flexibility index (Phi) is 5.67. The standard InChI is InChI=1S/C21H26N2O3S/c1-14-12-15(2)20(16(3)13-14)22-21(24)17-8-10-19(11-9-17)27(25,26)23-18-6-4-5-7-18/h8-13,18,23H,4-7H2,1-3H3,(H,22,24). The molecule has 144 valence electrons. The first-order valence-electron chi connectivity index (χ1n) is 9.28. The van der Waals surface area contributed by atoms with Crippen LogP contribution < -0.4 is 10.0 Å². The number of amides is 1. The summed E-state index contributed by atoms with van der Waals surface area (Å²) >= 11 is 0. The van der Waals surface area contributed by atoms with Crippen molar-refractivity contribution in [3.8, 4) is 0 Å². The zero-order valence-corrected chi connectivity index (χ0v) is 16.8. The quantitative estimate of drug-likeness (QED) is 0.813. The molecule has 2 aromatic carbocycles. The van der Waals surface area contributed by atoms with Crippen LogP contribution in [0.3, 0.4) is 0 Å². The van der Waals surface area contributed by atoms with Gasteiger partial charge in [-0.2, -0.15) is 0 Å². The minimum atomic E-state index is -3.54. The van der Waals surface area contributed by atoms with Crippen molar-refractivity contribution in [2.75, 3.05) is 5.32 Å². The maximum absolute atomic E-state index is 12.6. The molecule has 27 heavy (non-hydrogen) atoms. The van der Waals surface area contributed by atoms with E-state index in [9.17, 15) is 13.2 Å². The zero-order valence-electron chi connectivity index (χ0n) is 16.0. The van der Waals surface area contributed by atoms with Gasteiger partial charge >= 0.3 is 0 Å². The maximum atomic E-state index is 12.6. The second-order valence-electron chi connectivity index (χ2n) is 7.35. The van der Waals surface area contributed by atoms with Gasteiger partial charge in [0.2, 0.25) is 10.0 Å². The van der Waals surface area contributed by atoms with Gasteiger partial charge in [0.1, 0.15) is 0 Å². The van der Waals surface area contributed by atoms with Gasteiger partial charge in [0.25, 0.3) is 5.91 Å². The van der Waals surface area contributed by atoms with Gasteiger partial charge in [-0.05, 0) is 69.0 Å². The Labute approximate surface area is 161 Å². The van der Waals surface area contributed by atoms with Crippen LogP contribution in [0.2, 0.25) is 0 Å². The van der Waals surface area contributed by atoms with E-state index in [0.29, 0.717) is 5.56 Å². The molecule has 6 heteroatoms. The lowest BCUT2D eigenvalue weighted by Crippen LogP contribution is -2.32. The molecule has 2 N–H and O–H groups in total. The lowest BCUT2D eigenvalue weighted by molar-refractivity contribution is 0.102. The second-order valence-corrected chi connectivity index (χ2v) is 9.07. The second kappa shape index (κ2) is 7.82. The molecule has 0 aliphatic heterocycles. The highest BCUT2D eigenvalue weighted by atomic mass is 32.2. The van der Waals surface area contributed by atoms with Crippen molar-refractivity contribution in [1.82, 2.24) is 4.72 Å². The molecule has 5 nitrogen and oxygen atoms in total. The summed E-state index contributed by atoms with van der Waals surface area (Å²) in [6.45, 7) is 5.93. The number of aryl methyl sites for hydroxylation is 3. The highest BCUT2D eigenvalue weighted by Gasteiger charge is 2.23. The molecule has 1 amide bonds. The van der Waals surface area contributed by atoms with Crippen LogP contribution in [-0.2, 0) is 10.0 Å². The Morgan fingerprint density at radius 1 is 0.963 bits per heavy atom. The Hall–Kier alpha value is -2.18. The monoisotopic (exact) mass is 386 g/mol. The summed E-state index contributed by atoms with van der Waals surface area (Å²) in [5, 5.41) is 2.93. The molecule has 1 aliphatic rings. The predicted molar refractivity (Wildman–Crippen MR) is 108 cm³/mol. The summed E-state index contributed by atoms with van der Waals surface area (Å²) in [4.78, 5) is 12.8. The highest BCUT2D eigenvalue weighted by molar-refractivity contribution is 7.89. The van der Waals surface area contributed by atoms with Crippen LogP contribution in [0.4, 0.5) is 5.69 Å². The number of sulfonamides is 1. The van der Waals surface area contributed by atoms with Crippen LogP contribution in [0.15, 0.2) is 41.3 Å². The summed E-state index contributed by atoms with van der Waals surface area (Å²) in [5.74, 6) is -0.252. The van der Waals surface area contributed by atoms with E-state index in [4.69, 9.17) is 0 Å². The van der Waals surface area contributed by atoms with Gasteiger partial charge in [0, 0.05) is 17.3 Å². The van der Waals surface area contributed by atoms with Crippen molar-refractivity contribution in [3.63, 3.8) is 0 Å². The summed E-state index contributed by atoms with van der Waals surface area (Å²) in [7, 11) is -3.54. The lowest BCUT2D eigenvalue weighted by atomic mass is 10.0. The van der Waals surface area contributed by atoms with E-state index in [1.165, 1.54) is 12.1 Å². The smallest absolute Gasteiger partial charge is 0.255 e. The molecule has 2 aromatic rings. The molecular weight excluding hydrogens is 360 g/mol. The van der Waals surface area contributed by atoms with Crippen LogP contribution >= 0.6 is 0 Å². The molecule has 1 aliphatic carbocycles. The van der Waals surface area contributed by atoms with Crippen molar-refractivity contribution in [1.29, 1.82) is 0 Å². The normalized spacial score (nSPS) is 15.1. The lowest BCUT2D eigenvalue weighted by Gasteiger charge is -2.14. The van der Waals surface area contributed by atoms with Crippen molar-refractivity contribution in [3.05, 3.63) is 58.7 Å². The first kappa shape index (κ1) is 19.6. The highest BCUT2D eigenvalue weighted by Crippen LogP contribution is 2.23. The third-order valence-electron chi connectivity index (χ3n) is 5.02. The van der Waals surface area contributed by atoms with Gasteiger partial charge in [0.15, 0.2) is 0 Å². The molecule has 0 aromatic heterocycles. The number of carbonyl (C=O) groups excluding carboxylic acids is 1. The van der Waals surface area contributed by atoms with Crippen LogP contribution in [0.25, 0.3) is 0 Å². The number of benzene rings is 2. The molecule has 0 radical (unpaired) electrons. The first-order chi connectivity index (χ1) is 12.8. The third kappa shape index (κ3) is 4.57. The zero-order chi connectivity index (χ0) is 19.6. The van der Waals surface area contributed by atoms with E-state index in [2.05, 4.69) is 10.0 Å². The SMILES string of the molecule is Cc1cc(C)c(NC(=O)c2ccc(S(=O)(=O)NC3CCCC3)cc2)c(C)c1. The summed E-state index contributed by atoms with van der Waals surface area (Å²) < 4.78 is 27.7. The number of hydrogen-bond donors (Lipinski definition) is 2. The van der Waals surface area contributed by atoms with Gasteiger partial charge in [-0.25, -0.2) is 13.1 Å². The summed E-state index contributed by atoms with van der Waals surface area (Å²) in [6, 6.07) is 10.1. The molecule has 0 bridgehead atoms. The average Bonchev–Trinajstić information content (AvgIpc) is 3.10. The molecule has 1 saturated carbocycles. The van der Waals surface area contributed by atoms with Crippen molar-refractivity contribution in [2.24, 2.45) is 0 Å². The molecule has 0 unspecified atom stereocenters. The topological polar surface area (TPSA) is 75.3 Å². The van der Waals surface area contributed by atoms with Gasteiger partial charge < -0.3 is 5.32 Å². The number of carbonyl (C=O) groups is 1. The molecule has 0 atom stereocenters. The van der Waals surface area contributed by atoms with E-state index in [1.807, 2.05) is 32.9 Å². The molecule has 3 rings (SSSR count). The van der Waals surface area contributed by atoms with Crippen molar-refractivity contribution < 1.29 is 13.2 Å². The van der Waals surface area contributed by atoms with E-state index in [-0.39, 0.29) is 16.8 Å². The summed E-state index contributed by atoms with van der Waals surface area (Å²) in [6.07, 6.45) is 3.89. The minimum absolute atomic E-state index is 0.0189. The summed E-state index contributed by atoms with van der Waals surface area (Å²) in [5.41, 5.74) is 4.37. The van der Waals surface area contributed by atoms with Gasteiger partial charge in [-0.15, -0.1) is 0 Å². The number of anilines is 1. The van der Waals surface area contributed by atoms with Crippen molar-refractivity contribution >= 4 is 21.6 Å². The molecule has 0 spiro atoms. The predicted octanol–water partition coefficient (Wildman–Crippen LogP) is 4.09. The van der Waals surface area contributed by atoms with Crippen LogP contribution in [-0.4, -0.2) is 20.4 Å². The van der Waals surface area contributed by atoms with E-state index < -0.39 is 10.0 Å². The fraction of sp³-hybridized carbons (Fsp3) is 0.381. The molecular formula is C21H26N2O3S. The van der Waals surface area contributed by atoms with Crippen molar-refractivity contribution in [2.45, 2.75) is 57.4 Å². The van der Waals surface area contributed by atoms with Crippen LogP contribution in [0.1, 0.15) is 52.7 Å². The Morgan fingerprint density at radius 3 is 2.07 bits per heavy atom. The average molecular weight is 387 g/mol. The largest absolute Gasteiger partial charge is 0.322 e. The van der Waals surface area contributed by atoms with Gasteiger partial charge in [-0.1, -0.05) is 30.5 Å². The third-order valence-corrected chi connectivity index (χ3v) is 6.56. The first-order valence-corrected chi connectivity index (χ1v) is 10.8. The number of rotatable bonds is 5. The number of nitrogens with one attached hydrogen (secondary N) is 2. The fourth-order valence-electron chi connectivity index (χ4n) is 3.68. The van der Waals surface area contributed by atoms with Crippen LogP contribution in [0.5, 0.6) is 0 Å². The Morgan fingerprint density at radius 2 is 1.52 bits per heavy atom. The van der Waals surface area contributed by atoms with Gasteiger partial charge in [0.05, 0.1) is 4.90 Å². The van der Waals surface area contributed by atoms with E-state index in [1.54, 1.807) is 12.1 Å². The Bertz CT molecular complexity index is 921.